The zero-order chi connectivity index (χ0) is 35.5. The van der Waals surface area contributed by atoms with Crippen molar-refractivity contribution in [2.75, 3.05) is 26.2 Å². The summed E-state index contributed by atoms with van der Waals surface area (Å²) >= 11 is 0. The lowest BCUT2D eigenvalue weighted by Crippen LogP contribution is -2.63. The lowest BCUT2D eigenvalue weighted by Gasteiger charge is -2.40. The Morgan fingerprint density at radius 2 is 1.66 bits per heavy atom. The molecule has 2 saturated heterocycles. The lowest BCUT2D eigenvalue weighted by molar-refractivity contribution is -0.145. The predicted molar refractivity (Wildman–Crippen MR) is 180 cm³/mol. The molecule has 0 spiro atoms. The first-order chi connectivity index (χ1) is 21.7. The van der Waals surface area contributed by atoms with Gasteiger partial charge >= 0.3 is 6.03 Å². The molecule has 2 aliphatic heterocycles. The van der Waals surface area contributed by atoms with Crippen molar-refractivity contribution in [3.8, 4) is 0 Å². The highest BCUT2D eigenvalue weighted by Gasteiger charge is 2.70. The SMILES string of the molecule is C=CCNC(=O)C(=O)C(CCC)NC(=O)[C@@H]1[C@@H]2[C@H](CN1C(=O)[C@@H](NC(=O)N[C@H](CN1CCCCC1=O)C(C)(C)C)C(C)(C)C)C2(C)C. The fourth-order valence-electron chi connectivity index (χ4n) is 6.99. The van der Waals surface area contributed by atoms with Gasteiger partial charge in [-0.2, -0.15) is 0 Å². The molecule has 6 atom stereocenters. The van der Waals surface area contributed by atoms with E-state index in [1.165, 1.54) is 6.08 Å². The van der Waals surface area contributed by atoms with Crippen LogP contribution in [0.1, 0.15) is 94.4 Å². The second-order valence-corrected chi connectivity index (χ2v) is 16.2. The van der Waals surface area contributed by atoms with Gasteiger partial charge in [0.1, 0.15) is 12.1 Å². The van der Waals surface area contributed by atoms with Crippen LogP contribution in [0.15, 0.2) is 12.7 Å². The highest BCUT2D eigenvalue weighted by Crippen LogP contribution is 2.65. The molecule has 6 amide bonds. The van der Waals surface area contributed by atoms with Gasteiger partial charge in [0.15, 0.2) is 0 Å². The van der Waals surface area contributed by atoms with E-state index >= 15 is 0 Å². The van der Waals surface area contributed by atoms with E-state index < -0.39 is 47.2 Å². The maximum atomic E-state index is 14.3. The van der Waals surface area contributed by atoms with Crippen molar-refractivity contribution >= 4 is 35.4 Å². The number of hydrogen-bond acceptors (Lipinski definition) is 6. The molecule has 3 fully saturated rings. The van der Waals surface area contributed by atoms with Crippen LogP contribution in [0.2, 0.25) is 0 Å². The molecule has 0 aromatic carbocycles. The average Bonchev–Trinajstić information content (AvgIpc) is 3.28. The highest BCUT2D eigenvalue weighted by molar-refractivity contribution is 6.38. The molecule has 0 radical (unpaired) electrons. The number of Topliss-reactive ketones (excluding diaryl/α,β-unsaturated/α-hetero) is 1. The Bertz CT molecular complexity index is 1230. The predicted octanol–water partition coefficient (Wildman–Crippen LogP) is 2.77. The number of carbonyl (C=O) groups is 6. The first kappa shape index (κ1) is 38.0. The van der Waals surface area contributed by atoms with E-state index in [2.05, 4.69) is 41.7 Å². The van der Waals surface area contributed by atoms with Crippen LogP contribution in [0.3, 0.4) is 0 Å². The summed E-state index contributed by atoms with van der Waals surface area (Å²) in [6, 6.07) is -3.73. The average molecular weight is 659 g/mol. The second-order valence-electron chi connectivity index (χ2n) is 16.2. The third kappa shape index (κ3) is 8.93. The van der Waals surface area contributed by atoms with Crippen LogP contribution in [0.25, 0.3) is 0 Å². The standard InChI is InChI=1S/C35H58N6O6/c1-11-15-22(27(43)30(45)36-17-12-2)37-29(44)26-25-21(35(25,9)10)19-41(26)31(46)28(34(6,7)8)39-32(47)38-23(33(3,4)5)20-40-18-14-13-16-24(40)42/h12,21-23,25-26,28H,2,11,13-20H2,1,3-10H3,(H,36,45)(H,37,44)(H2,38,39,47)/t21-,22?,23+,25-,26-,28+/m0/s1. The Morgan fingerprint density at radius 1 is 1.00 bits per heavy atom. The Morgan fingerprint density at radius 3 is 2.21 bits per heavy atom. The van der Waals surface area contributed by atoms with E-state index in [0.717, 1.165) is 12.8 Å². The molecular formula is C35H58N6O6. The number of likely N-dealkylation sites (tertiary alicyclic amines) is 2. The summed E-state index contributed by atoms with van der Waals surface area (Å²) in [5, 5.41) is 11.2. The van der Waals surface area contributed by atoms with E-state index in [0.29, 0.717) is 32.5 Å². The molecule has 0 aromatic rings. The summed E-state index contributed by atoms with van der Waals surface area (Å²) in [5.74, 6) is -2.35. The van der Waals surface area contributed by atoms with Crippen molar-refractivity contribution in [3.05, 3.63) is 12.7 Å². The van der Waals surface area contributed by atoms with Crippen LogP contribution in [0, 0.1) is 28.1 Å². The molecule has 12 nitrogen and oxygen atoms in total. The third-order valence-corrected chi connectivity index (χ3v) is 10.2. The van der Waals surface area contributed by atoms with Gasteiger partial charge in [-0.15, -0.1) is 6.58 Å². The summed E-state index contributed by atoms with van der Waals surface area (Å²) in [5.41, 5.74) is -1.25. The van der Waals surface area contributed by atoms with Crippen LogP contribution in [-0.2, 0) is 24.0 Å². The van der Waals surface area contributed by atoms with E-state index in [1.807, 2.05) is 48.5 Å². The highest BCUT2D eigenvalue weighted by atomic mass is 16.2. The number of ketones is 1. The fraction of sp³-hybridized carbons (Fsp3) is 0.771. The molecule has 1 unspecified atom stereocenters. The van der Waals surface area contributed by atoms with Gasteiger partial charge in [-0.05, 0) is 47.3 Å². The normalized spacial score (nSPS) is 23.9. The summed E-state index contributed by atoms with van der Waals surface area (Å²) in [6.45, 7) is 22.6. The molecule has 2 heterocycles. The lowest BCUT2D eigenvalue weighted by atomic mass is 9.84. The molecule has 264 valence electrons. The molecule has 3 rings (SSSR count). The quantitative estimate of drug-likeness (QED) is 0.176. The number of nitrogens with one attached hydrogen (secondary N) is 4. The van der Waals surface area contributed by atoms with Crippen LogP contribution in [-0.4, -0.2) is 95.6 Å². The number of rotatable bonds is 13. The van der Waals surface area contributed by atoms with Gasteiger partial charge in [0.25, 0.3) is 5.91 Å². The number of piperidine rings is 2. The van der Waals surface area contributed by atoms with Gasteiger partial charge in [0.2, 0.25) is 23.5 Å². The number of urea groups is 1. The van der Waals surface area contributed by atoms with Gasteiger partial charge < -0.3 is 31.1 Å². The van der Waals surface area contributed by atoms with Gasteiger partial charge in [0.05, 0.1) is 12.1 Å². The zero-order valence-electron chi connectivity index (χ0n) is 30.0. The van der Waals surface area contributed by atoms with Gasteiger partial charge in [-0.1, -0.05) is 74.8 Å². The molecule has 1 saturated carbocycles. The Labute approximate surface area is 280 Å². The van der Waals surface area contributed by atoms with Crippen molar-refractivity contribution < 1.29 is 28.8 Å². The summed E-state index contributed by atoms with van der Waals surface area (Å²) in [4.78, 5) is 83.2. The van der Waals surface area contributed by atoms with Crippen molar-refractivity contribution in [3.63, 3.8) is 0 Å². The first-order valence-electron chi connectivity index (χ1n) is 17.1. The fourth-order valence-corrected chi connectivity index (χ4v) is 6.99. The molecular weight excluding hydrogens is 600 g/mol. The number of nitrogens with zero attached hydrogens (tertiary/aromatic N) is 2. The van der Waals surface area contributed by atoms with Crippen molar-refractivity contribution in [1.29, 1.82) is 0 Å². The van der Waals surface area contributed by atoms with E-state index in [4.69, 9.17) is 0 Å². The summed E-state index contributed by atoms with van der Waals surface area (Å²) in [7, 11) is 0. The maximum absolute atomic E-state index is 14.3. The van der Waals surface area contributed by atoms with Crippen molar-refractivity contribution in [1.82, 2.24) is 31.1 Å². The molecule has 47 heavy (non-hydrogen) atoms. The smallest absolute Gasteiger partial charge is 0.315 e. The largest absolute Gasteiger partial charge is 0.346 e. The van der Waals surface area contributed by atoms with Crippen molar-refractivity contribution in [2.45, 2.75) is 119 Å². The first-order valence-corrected chi connectivity index (χ1v) is 17.1. The monoisotopic (exact) mass is 658 g/mol. The Kier molecular flexibility index (Phi) is 11.9. The minimum Gasteiger partial charge on any atom is -0.346 e. The molecule has 1 aliphatic carbocycles. The Hall–Kier alpha value is -3.44. The number of carbonyl (C=O) groups excluding carboxylic acids is 6. The number of hydrogen-bond donors (Lipinski definition) is 4. The Balaban J connectivity index is 1.81. The molecule has 0 aromatic heterocycles. The third-order valence-electron chi connectivity index (χ3n) is 10.2. The summed E-state index contributed by atoms with van der Waals surface area (Å²) in [6.07, 6.45) is 4.59. The number of fused-ring (bicyclic) bond motifs is 1. The minimum absolute atomic E-state index is 0.0792. The molecule has 0 bridgehead atoms. The van der Waals surface area contributed by atoms with Crippen LogP contribution < -0.4 is 21.3 Å². The molecule has 3 aliphatic rings. The van der Waals surface area contributed by atoms with Gasteiger partial charge in [-0.25, -0.2) is 4.79 Å². The van der Waals surface area contributed by atoms with Crippen LogP contribution >= 0.6 is 0 Å². The molecule has 12 heteroatoms. The number of amides is 6. The minimum atomic E-state index is -1.03. The van der Waals surface area contributed by atoms with Gasteiger partial charge in [0, 0.05) is 32.6 Å². The van der Waals surface area contributed by atoms with Gasteiger partial charge in [-0.3, -0.25) is 24.0 Å². The summed E-state index contributed by atoms with van der Waals surface area (Å²) < 4.78 is 0. The topological polar surface area (TPSA) is 157 Å². The maximum Gasteiger partial charge on any atom is 0.315 e. The van der Waals surface area contributed by atoms with Crippen LogP contribution in [0.5, 0.6) is 0 Å². The van der Waals surface area contributed by atoms with Crippen LogP contribution in [0.4, 0.5) is 4.79 Å². The van der Waals surface area contributed by atoms with E-state index in [9.17, 15) is 28.8 Å². The zero-order valence-corrected chi connectivity index (χ0v) is 30.0. The molecule has 4 N–H and O–H groups in total. The second kappa shape index (κ2) is 14.8. The van der Waals surface area contributed by atoms with Crippen molar-refractivity contribution in [2.24, 2.45) is 28.1 Å². The van der Waals surface area contributed by atoms with E-state index in [1.54, 1.807) is 9.80 Å². The van der Waals surface area contributed by atoms with E-state index in [-0.39, 0.29) is 53.5 Å².